The molecule has 0 spiro atoms. The van der Waals surface area contributed by atoms with E-state index in [1.54, 1.807) is 0 Å². The number of hydrogen-bond acceptors (Lipinski definition) is 0. The molecular formula is C18H16N2. The van der Waals surface area contributed by atoms with Gasteiger partial charge in [-0.05, 0) is 36.1 Å². The van der Waals surface area contributed by atoms with Gasteiger partial charge in [0.1, 0.15) is 0 Å². The predicted octanol–water partition coefficient (Wildman–Crippen LogP) is 4.55. The number of aryl methyl sites for hydroxylation is 1. The molecule has 2 aromatic heterocycles. The quantitative estimate of drug-likeness (QED) is 0.530. The molecule has 0 atom stereocenters. The van der Waals surface area contributed by atoms with Gasteiger partial charge in [0.15, 0.2) is 0 Å². The van der Waals surface area contributed by atoms with Crippen molar-refractivity contribution in [2.45, 2.75) is 13.3 Å². The summed E-state index contributed by atoms with van der Waals surface area (Å²) in [7, 11) is 0. The lowest BCUT2D eigenvalue weighted by molar-refractivity contribution is 1.05. The van der Waals surface area contributed by atoms with Crippen molar-refractivity contribution >= 4 is 21.8 Å². The third kappa shape index (κ3) is 1.73. The molecule has 2 nitrogen and oxygen atoms in total. The first-order chi connectivity index (χ1) is 9.81. The van der Waals surface area contributed by atoms with E-state index in [0.29, 0.717) is 0 Å². The predicted molar refractivity (Wildman–Crippen MR) is 84.1 cm³/mol. The van der Waals surface area contributed by atoms with Crippen LogP contribution in [0.4, 0.5) is 0 Å². The second-order valence-corrected chi connectivity index (χ2v) is 5.33. The van der Waals surface area contributed by atoms with Crippen molar-refractivity contribution in [3.05, 3.63) is 71.5 Å². The van der Waals surface area contributed by atoms with E-state index in [4.69, 9.17) is 0 Å². The van der Waals surface area contributed by atoms with Gasteiger partial charge < -0.3 is 9.97 Å². The van der Waals surface area contributed by atoms with Crippen LogP contribution in [0.5, 0.6) is 0 Å². The first-order valence-corrected chi connectivity index (χ1v) is 6.94. The Morgan fingerprint density at radius 2 is 1.60 bits per heavy atom. The highest BCUT2D eigenvalue weighted by atomic mass is 14.8. The van der Waals surface area contributed by atoms with E-state index in [9.17, 15) is 0 Å². The van der Waals surface area contributed by atoms with Crippen LogP contribution in [0.1, 0.15) is 17.0 Å². The van der Waals surface area contributed by atoms with Crippen LogP contribution in [-0.2, 0) is 6.42 Å². The maximum atomic E-state index is 3.54. The molecule has 2 heterocycles. The highest BCUT2D eigenvalue weighted by Crippen LogP contribution is 2.24. The molecule has 0 saturated heterocycles. The molecule has 4 rings (SSSR count). The minimum Gasteiger partial charge on any atom is -0.358 e. The maximum Gasteiger partial charge on any atom is 0.0458 e. The van der Waals surface area contributed by atoms with Crippen molar-refractivity contribution in [3.63, 3.8) is 0 Å². The van der Waals surface area contributed by atoms with Gasteiger partial charge in [-0.2, -0.15) is 0 Å². The Kier molecular flexibility index (Phi) is 2.43. The molecular weight excluding hydrogens is 244 g/mol. The average Bonchev–Trinajstić information content (AvgIpc) is 3.01. The Morgan fingerprint density at radius 1 is 0.850 bits per heavy atom. The third-order valence-electron chi connectivity index (χ3n) is 4.02. The molecule has 0 aliphatic heterocycles. The smallest absolute Gasteiger partial charge is 0.0458 e. The molecule has 2 heteroatoms. The molecule has 0 saturated carbocycles. The van der Waals surface area contributed by atoms with Crippen molar-refractivity contribution in [2.75, 3.05) is 0 Å². The van der Waals surface area contributed by atoms with E-state index < -0.39 is 0 Å². The first-order valence-electron chi connectivity index (χ1n) is 6.94. The lowest BCUT2D eigenvalue weighted by Gasteiger charge is -1.97. The van der Waals surface area contributed by atoms with E-state index in [0.717, 1.165) is 6.42 Å². The molecule has 98 valence electrons. The van der Waals surface area contributed by atoms with Crippen LogP contribution in [0.25, 0.3) is 21.8 Å². The number of rotatable bonds is 2. The topological polar surface area (TPSA) is 31.6 Å². The number of fused-ring (bicyclic) bond motifs is 2. The SMILES string of the molecule is Cc1c(Cc2cc3ccccc3[nH]2)[nH]c2ccccc12. The van der Waals surface area contributed by atoms with E-state index >= 15 is 0 Å². The van der Waals surface area contributed by atoms with Crippen LogP contribution in [0.3, 0.4) is 0 Å². The zero-order valence-electron chi connectivity index (χ0n) is 11.4. The standard InChI is InChI=1S/C18H16N2/c1-12-15-7-3-5-9-17(15)20-18(12)11-14-10-13-6-2-4-8-16(13)19-14/h2-10,19-20H,11H2,1H3. The Morgan fingerprint density at radius 3 is 2.40 bits per heavy atom. The highest BCUT2D eigenvalue weighted by Gasteiger charge is 2.09. The van der Waals surface area contributed by atoms with Crippen LogP contribution < -0.4 is 0 Å². The van der Waals surface area contributed by atoms with Gasteiger partial charge >= 0.3 is 0 Å². The molecule has 2 aromatic carbocycles. The van der Waals surface area contributed by atoms with E-state index in [1.807, 2.05) is 0 Å². The van der Waals surface area contributed by atoms with Crippen LogP contribution in [0, 0.1) is 6.92 Å². The number of nitrogens with one attached hydrogen (secondary N) is 2. The molecule has 2 N–H and O–H groups in total. The molecule has 0 unspecified atom stereocenters. The summed E-state index contributed by atoms with van der Waals surface area (Å²) >= 11 is 0. The molecule has 0 fully saturated rings. The molecule has 0 bridgehead atoms. The van der Waals surface area contributed by atoms with Crippen molar-refractivity contribution in [2.24, 2.45) is 0 Å². The minimum absolute atomic E-state index is 0.912. The lowest BCUT2D eigenvalue weighted by atomic mass is 10.1. The van der Waals surface area contributed by atoms with Crippen LogP contribution >= 0.6 is 0 Å². The van der Waals surface area contributed by atoms with E-state index in [2.05, 4.69) is 71.5 Å². The van der Waals surface area contributed by atoms with E-state index in [1.165, 1.54) is 38.8 Å². The van der Waals surface area contributed by atoms with Crippen LogP contribution in [0.15, 0.2) is 54.6 Å². The number of aromatic nitrogens is 2. The molecule has 4 aromatic rings. The highest BCUT2D eigenvalue weighted by molar-refractivity contribution is 5.85. The van der Waals surface area contributed by atoms with Gasteiger partial charge in [0, 0.05) is 34.2 Å². The molecule has 0 radical (unpaired) electrons. The van der Waals surface area contributed by atoms with Crippen LogP contribution in [-0.4, -0.2) is 9.97 Å². The van der Waals surface area contributed by atoms with Gasteiger partial charge in [-0.3, -0.25) is 0 Å². The summed E-state index contributed by atoms with van der Waals surface area (Å²) in [6.07, 6.45) is 0.912. The summed E-state index contributed by atoms with van der Waals surface area (Å²) in [6.45, 7) is 2.19. The lowest BCUT2D eigenvalue weighted by Crippen LogP contribution is -1.90. The summed E-state index contributed by atoms with van der Waals surface area (Å²) in [5, 5.41) is 2.59. The Bertz CT molecular complexity index is 863. The van der Waals surface area contributed by atoms with Crippen molar-refractivity contribution in [1.82, 2.24) is 9.97 Å². The fourth-order valence-electron chi connectivity index (χ4n) is 2.93. The fraction of sp³-hybridized carbons (Fsp3) is 0.111. The van der Waals surface area contributed by atoms with Gasteiger partial charge in [-0.1, -0.05) is 36.4 Å². The molecule has 0 amide bonds. The third-order valence-corrected chi connectivity index (χ3v) is 4.02. The van der Waals surface area contributed by atoms with Gasteiger partial charge in [0.25, 0.3) is 0 Å². The largest absolute Gasteiger partial charge is 0.358 e. The second-order valence-electron chi connectivity index (χ2n) is 5.33. The van der Waals surface area contributed by atoms with Gasteiger partial charge in [0.05, 0.1) is 0 Å². The fourth-order valence-corrected chi connectivity index (χ4v) is 2.93. The molecule has 20 heavy (non-hydrogen) atoms. The number of aromatic amines is 2. The second kappa shape index (κ2) is 4.27. The van der Waals surface area contributed by atoms with E-state index in [-0.39, 0.29) is 0 Å². The van der Waals surface area contributed by atoms with Gasteiger partial charge in [0.2, 0.25) is 0 Å². The molecule has 0 aliphatic rings. The van der Waals surface area contributed by atoms with Gasteiger partial charge in [-0.15, -0.1) is 0 Å². The zero-order valence-corrected chi connectivity index (χ0v) is 11.4. The Balaban J connectivity index is 1.78. The Hall–Kier alpha value is -2.48. The summed E-state index contributed by atoms with van der Waals surface area (Å²) in [4.78, 5) is 7.03. The normalized spacial score (nSPS) is 11.4. The number of benzene rings is 2. The molecule has 0 aliphatic carbocycles. The summed E-state index contributed by atoms with van der Waals surface area (Å²) in [6, 6.07) is 19.1. The number of para-hydroxylation sites is 2. The average molecular weight is 260 g/mol. The zero-order chi connectivity index (χ0) is 13.5. The Labute approximate surface area is 117 Å². The summed E-state index contributed by atoms with van der Waals surface area (Å²) < 4.78 is 0. The van der Waals surface area contributed by atoms with Crippen molar-refractivity contribution < 1.29 is 0 Å². The maximum absolute atomic E-state index is 3.54. The van der Waals surface area contributed by atoms with Crippen molar-refractivity contribution in [1.29, 1.82) is 0 Å². The summed E-state index contributed by atoms with van der Waals surface area (Å²) in [5.74, 6) is 0. The van der Waals surface area contributed by atoms with Crippen LogP contribution in [0.2, 0.25) is 0 Å². The van der Waals surface area contributed by atoms with Crippen molar-refractivity contribution in [3.8, 4) is 0 Å². The minimum atomic E-state index is 0.912. The van der Waals surface area contributed by atoms with Gasteiger partial charge in [-0.25, -0.2) is 0 Å². The summed E-state index contributed by atoms with van der Waals surface area (Å²) in [5.41, 5.74) is 6.31. The monoisotopic (exact) mass is 260 g/mol. The number of H-pyrrole nitrogens is 2. The first kappa shape index (κ1) is 11.4. The number of hydrogen-bond donors (Lipinski definition) is 2.